The van der Waals surface area contributed by atoms with Crippen LogP contribution in [0.2, 0.25) is 0 Å². The molecule has 112 valence electrons. The van der Waals surface area contributed by atoms with Crippen LogP contribution in [-0.4, -0.2) is 49.3 Å². The number of ether oxygens (including phenoxy) is 1. The van der Waals surface area contributed by atoms with E-state index in [1.54, 1.807) is 0 Å². The normalized spacial score (nSPS) is 33.8. The summed E-state index contributed by atoms with van der Waals surface area (Å²) in [6.45, 7) is 12.7. The largest absolute Gasteiger partial charge is 0.375 e. The van der Waals surface area contributed by atoms with Crippen molar-refractivity contribution in [3.63, 3.8) is 0 Å². The molecular formula is C16H32N2O. The summed E-state index contributed by atoms with van der Waals surface area (Å²) in [7, 11) is 0. The molecule has 0 aromatic rings. The van der Waals surface area contributed by atoms with Crippen LogP contribution in [0.4, 0.5) is 0 Å². The highest BCUT2D eigenvalue weighted by Gasteiger charge is 2.34. The standard InChI is InChI=1S/C16H32N2O/c1-4-16(3)12-15(8-11-19-16)18(5-2)13-14-6-9-17-10-7-14/h14-15,17H,4-13H2,1-3H3. The first-order valence-corrected chi connectivity index (χ1v) is 8.25. The van der Waals surface area contributed by atoms with Gasteiger partial charge in [-0.2, -0.15) is 0 Å². The first-order valence-electron chi connectivity index (χ1n) is 8.25. The Bertz CT molecular complexity index is 265. The zero-order valence-electron chi connectivity index (χ0n) is 13.1. The van der Waals surface area contributed by atoms with Gasteiger partial charge in [0.25, 0.3) is 0 Å². The molecule has 3 nitrogen and oxygen atoms in total. The maximum absolute atomic E-state index is 5.99. The molecule has 0 aromatic carbocycles. The molecule has 3 heteroatoms. The first kappa shape index (κ1) is 15.3. The molecule has 0 bridgehead atoms. The quantitative estimate of drug-likeness (QED) is 0.829. The van der Waals surface area contributed by atoms with Gasteiger partial charge in [-0.3, -0.25) is 0 Å². The second kappa shape index (κ2) is 7.05. The van der Waals surface area contributed by atoms with E-state index >= 15 is 0 Å². The Kier molecular flexibility index (Phi) is 5.67. The highest BCUT2D eigenvalue weighted by Crippen LogP contribution is 2.31. The summed E-state index contributed by atoms with van der Waals surface area (Å²) in [5.74, 6) is 0.900. The summed E-state index contributed by atoms with van der Waals surface area (Å²) < 4.78 is 5.99. The van der Waals surface area contributed by atoms with E-state index in [2.05, 4.69) is 31.0 Å². The molecular weight excluding hydrogens is 236 g/mol. The Morgan fingerprint density at radius 1 is 1.21 bits per heavy atom. The van der Waals surface area contributed by atoms with Crippen LogP contribution in [0.1, 0.15) is 52.9 Å². The lowest BCUT2D eigenvalue weighted by molar-refractivity contribution is -0.0977. The molecule has 0 spiro atoms. The van der Waals surface area contributed by atoms with Crippen molar-refractivity contribution in [2.45, 2.75) is 64.5 Å². The molecule has 2 aliphatic rings. The Labute approximate surface area is 119 Å². The summed E-state index contributed by atoms with van der Waals surface area (Å²) >= 11 is 0. The van der Waals surface area contributed by atoms with E-state index in [1.165, 1.54) is 51.9 Å². The van der Waals surface area contributed by atoms with Gasteiger partial charge in [0.15, 0.2) is 0 Å². The lowest BCUT2D eigenvalue weighted by atomic mass is 9.88. The third-order valence-corrected chi connectivity index (χ3v) is 5.19. The molecule has 0 saturated carbocycles. The predicted octanol–water partition coefficient (Wildman–Crippen LogP) is 2.66. The minimum Gasteiger partial charge on any atom is -0.375 e. The van der Waals surface area contributed by atoms with Crippen molar-refractivity contribution in [3.8, 4) is 0 Å². The molecule has 2 aliphatic heterocycles. The van der Waals surface area contributed by atoms with E-state index in [4.69, 9.17) is 4.74 Å². The molecule has 2 heterocycles. The molecule has 2 atom stereocenters. The van der Waals surface area contributed by atoms with Crippen molar-refractivity contribution < 1.29 is 4.74 Å². The van der Waals surface area contributed by atoms with Gasteiger partial charge in [-0.15, -0.1) is 0 Å². The Balaban J connectivity index is 1.89. The Morgan fingerprint density at radius 2 is 1.95 bits per heavy atom. The minimum atomic E-state index is 0.116. The van der Waals surface area contributed by atoms with E-state index in [-0.39, 0.29) is 5.60 Å². The van der Waals surface area contributed by atoms with Gasteiger partial charge in [0.05, 0.1) is 5.60 Å². The fraction of sp³-hybridized carbons (Fsp3) is 1.00. The van der Waals surface area contributed by atoms with Gasteiger partial charge < -0.3 is 15.0 Å². The first-order chi connectivity index (χ1) is 9.17. The van der Waals surface area contributed by atoms with Gasteiger partial charge in [0.2, 0.25) is 0 Å². The highest BCUT2D eigenvalue weighted by molar-refractivity contribution is 4.87. The topological polar surface area (TPSA) is 24.5 Å². The number of nitrogens with one attached hydrogen (secondary N) is 1. The van der Waals surface area contributed by atoms with Gasteiger partial charge in [-0.25, -0.2) is 0 Å². The fourth-order valence-electron chi connectivity index (χ4n) is 3.59. The second-order valence-corrected chi connectivity index (χ2v) is 6.58. The summed E-state index contributed by atoms with van der Waals surface area (Å²) in [5, 5.41) is 3.47. The van der Waals surface area contributed by atoms with Gasteiger partial charge >= 0.3 is 0 Å². The molecule has 0 amide bonds. The molecule has 2 fully saturated rings. The van der Waals surface area contributed by atoms with E-state index in [1.807, 2.05) is 0 Å². The molecule has 0 aromatic heterocycles. The summed E-state index contributed by atoms with van der Waals surface area (Å²) in [6.07, 6.45) is 6.26. The molecule has 0 aliphatic carbocycles. The fourth-order valence-corrected chi connectivity index (χ4v) is 3.59. The number of hydrogen-bond donors (Lipinski definition) is 1. The number of piperidine rings is 1. The molecule has 0 radical (unpaired) electrons. The smallest absolute Gasteiger partial charge is 0.0666 e. The zero-order valence-corrected chi connectivity index (χ0v) is 13.1. The lowest BCUT2D eigenvalue weighted by Crippen LogP contribution is -2.49. The SMILES string of the molecule is CCN(CC1CCNCC1)C1CCOC(C)(CC)C1. The van der Waals surface area contributed by atoms with Crippen LogP contribution in [0.5, 0.6) is 0 Å². The maximum Gasteiger partial charge on any atom is 0.0666 e. The van der Waals surface area contributed by atoms with Crippen molar-refractivity contribution in [3.05, 3.63) is 0 Å². The van der Waals surface area contributed by atoms with Crippen LogP contribution >= 0.6 is 0 Å². The van der Waals surface area contributed by atoms with Crippen LogP contribution in [0.25, 0.3) is 0 Å². The summed E-state index contributed by atoms with van der Waals surface area (Å²) in [4.78, 5) is 2.73. The van der Waals surface area contributed by atoms with Crippen molar-refractivity contribution in [1.82, 2.24) is 10.2 Å². The third-order valence-electron chi connectivity index (χ3n) is 5.19. The predicted molar refractivity (Wildman–Crippen MR) is 80.5 cm³/mol. The molecule has 2 unspecified atom stereocenters. The Hall–Kier alpha value is -0.120. The summed E-state index contributed by atoms with van der Waals surface area (Å²) in [5.41, 5.74) is 0.116. The van der Waals surface area contributed by atoms with Crippen LogP contribution < -0.4 is 5.32 Å². The molecule has 19 heavy (non-hydrogen) atoms. The average Bonchev–Trinajstić information content (AvgIpc) is 2.46. The Morgan fingerprint density at radius 3 is 2.58 bits per heavy atom. The number of rotatable bonds is 5. The third kappa shape index (κ3) is 4.17. The number of hydrogen-bond acceptors (Lipinski definition) is 3. The van der Waals surface area contributed by atoms with Crippen molar-refractivity contribution in [2.75, 3.05) is 32.8 Å². The number of nitrogens with zero attached hydrogens (tertiary/aromatic N) is 1. The van der Waals surface area contributed by atoms with Crippen LogP contribution in [0, 0.1) is 5.92 Å². The second-order valence-electron chi connectivity index (χ2n) is 6.58. The van der Waals surface area contributed by atoms with E-state index in [0.717, 1.165) is 25.0 Å². The lowest BCUT2D eigenvalue weighted by Gasteiger charge is -2.43. The van der Waals surface area contributed by atoms with Crippen LogP contribution in [0.15, 0.2) is 0 Å². The monoisotopic (exact) mass is 268 g/mol. The van der Waals surface area contributed by atoms with Gasteiger partial charge in [-0.05, 0) is 64.6 Å². The van der Waals surface area contributed by atoms with Gasteiger partial charge in [0, 0.05) is 19.2 Å². The highest BCUT2D eigenvalue weighted by atomic mass is 16.5. The average molecular weight is 268 g/mol. The van der Waals surface area contributed by atoms with Crippen molar-refractivity contribution in [1.29, 1.82) is 0 Å². The minimum absolute atomic E-state index is 0.116. The molecule has 2 rings (SSSR count). The van der Waals surface area contributed by atoms with Crippen LogP contribution in [0.3, 0.4) is 0 Å². The van der Waals surface area contributed by atoms with Gasteiger partial charge in [0.1, 0.15) is 0 Å². The molecule has 1 N–H and O–H groups in total. The molecule has 2 saturated heterocycles. The van der Waals surface area contributed by atoms with Crippen molar-refractivity contribution in [2.24, 2.45) is 5.92 Å². The van der Waals surface area contributed by atoms with Crippen LogP contribution in [-0.2, 0) is 4.74 Å². The van der Waals surface area contributed by atoms with Gasteiger partial charge in [-0.1, -0.05) is 13.8 Å². The zero-order chi connectivity index (χ0) is 13.7. The summed E-state index contributed by atoms with van der Waals surface area (Å²) in [6, 6.07) is 0.735. The van der Waals surface area contributed by atoms with E-state index in [0.29, 0.717) is 0 Å². The van der Waals surface area contributed by atoms with E-state index in [9.17, 15) is 0 Å². The maximum atomic E-state index is 5.99. The van der Waals surface area contributed by atoms with E-state index < -0.39 is 0 Å². The van der Waals surface area contributed by atoms with Crippen molar-refractivity contribution >= 4 is 0 Å².